The second-order valence-corrected chi connectivity index (χ2v) is 4.56. The van der Waals surface area contributed by atoms with Crippen LogP contribution in [0.15, 0.2) is 30.3 Å². The van der Waals surface area contributed by atoms with Gasteiger partial charge in [-0.05, 0) is 32.3 Å². The van der Waals surface area contributed by atoms with E-state index in [2.05, 4.69) is 22.4 Å². The molecule has 1 aromatic carbocycles. The van der Waals surface area contributed by atoms with E-state index < -0.39 is 0 Å². The molecule has 1 heterocycles. The number of aldehydes is 1. The third-order valence-electron chi connectivity index (χ3n) is 2.92. The number of carbonyl (C=O) groups is 1. The lowest BCUT2D eigenvalue weighted by Crippen LogP contribution is -2.09. The van der Waals surface area contributed by atoms with Crippen molar-refractivity contribution in [1.29, 1.82) is 0 Å². The molecule has 0 atom stereocenters. The highest BCUT2D eigenvalue weighted by Gasteiger charge is 2.14. The molecule has 0 saturated carbocycles. The third kappa shape index (κ3) is 2.64. The fourth-order valence-electron chi connectivity index (χ4n) is 1.98. The lowest BCUT2D eigenvalue weighted by atomic mass is 10.1. The Balaban J connectivity index is 2.17. The first kappa shape index (κ1) is 12.5. The maximum atomic E-state index is 11.0. The minimum atomic E-state index is 0.219. The highest BCUT2D eigenvalue weighted by atomic mass is 16.1. The Kier molecular flexibility index (Phi) is 3.87. The number of hydrogen-bond donors (Lipinski definition) is 0. The molecule has 0 fully saturated rings. The van der Waals surface area contributed by atoms with Crippen LogP contribution in [0.1, 0.15) is 41.6 Å². The molecule has 2 aromatic rings. The lowest BCUT2D eigenvalue weighted by Gasteiger charge is -2.09. The molecule has 0 radical (unpaired) electrons. The van der Waals surface area contributed by atoms with E-state index in [1.165, 1.54) is 5.56 Å². The standard InChI is InChI=1S/C14H17N3O/c1-11(2)17-14(13(10-18)15-16-17)9-8-12-6-4-3-5-7-12/h3-7,10-11H,8-9H2,1-2H3. The van der Waals surface area contributed by atoms with Crippen LogP contribution in [-0.4, -0.2) is 21.3 Å². The van der Waals surface area contributed by atoms with Gasteiger partial charge in [-0.1, -0.05) is 35.5 Å². The molecule has 0 unspecified atom stereocenters. The molecule has 18 heavy (non-hydrogen) atoms. The van der Waals surface area contributed by atoms with Gasteiger partial charge in [-0.3, -0.25) is 4.79 Å². The van der Waals surface area contributed by atoms with Crippen molar-refractivity contribution in [2.24, 2.45) is 0 Å². The average molecular weight is 243 g/mol. The van der Waals surface area contributed by atoms with Gasteiger partial charge in [0.1, 0.15) is 5.69 Å². The van der Waals surface area contributed by atoms with Gasteiger partial charge < -0.3 is 0 Å². The molecule has 0 aliphatic carbocycles. The number of rotatable bonds is 5. The molecular weight excluding hydrogens is 226 g/mol. The maximum absolute atomic E-state index is 11.0. The molecule has 0 spiro atoms. The van der Waals surface area contributed by atoms with Gasteiger partial charge in [0.15, 0.2) is 6.29 Å². The van der Waals surface area contributed by atoms with Crippen LogP contribution < -0.4 is 0 Å². The molecule has 0 bridgehead atoms. The highest BCUT2D eigenvalue weighted by Crippen LogP contribution is 2.13. The molecule has 2 rings (SSSR count). The predicted octanol–water partition coefficient (Wildman–Crippen LogP) is 2.46. The van der Waals surface area contributed by atoms with Gasteiger partial charge in [0.05, 0.1) is 5.69 Å². The first-order valence-electron chi connectivity index (χ1n) is 6.15. The summed E-state index contributed by atoms with van der Waals surface area (Å²) in [7, 11) is 0. The van der Waals surface area contributed by atoms with E-state index in [9.17, 15) is 4.79 Å². The van der Waals surface area contributed by atoms with Crippen LogP contribution in [0.5, 0.6) is 0 Å². The number of hydrogen-bond acceptors (Lipinski definition) is 3. The largest absolute Gasteiger partial charge is 0.296 e. The van der Waals surface area contributed by atoms with E-state index in [1.807, 2.05) is 36.7 Å². The molecule has 0 aliphatic rings. The summed E-state index contributed by atoms with van der Waals surface area (Å²) in [4.78, 5) is 11.0. The zero-order valence-corrected chi connectivity index (χ0v) is 10.7. The second kappa shape index (κ2) is 5.58. The van der Waals surface area contributed by atoms with Crippen molar-refractivity contribution in [3.8, 4) is 0 Å². The van der Waals surface area contributed by atoms with Crippen molar-refractivity contribution in [3.63, 3.8) is 0 Å². The van der Waals surface area contributed by atoms with Crippen LogP contribution in [0.2, 0.25) is 0 Å². The summed E-state index contributed by atoms with van der Waals surface area (Å²) in [5.41, 5.74) is 2.63. The first-order chi connectivity index (χ1) is 8.72. The van der Waals surface area contributed by atoms with E-state index in [-0.39, 0.29) is 6.04 Å². The van der Waals surface area contributed by atoms with Crippen molar-refractivity contribution < 1.29 is 4.79 Å². The molecular formula is C14H17N3O. The van der Waals surface area contributed by atoms with E-state index in [0.717, 1.165) is 24.8 Å². The highest BCUT2D eigenvalue weighted by molar-refractivity contribution is 5.73. The van der Waals surface area contributed by atoms with Crippen LogP contribution in [0.3, 0.4) is 0 Å². The zero-order chi connectivity index (χ0) is 13.0. The number of aryl methyl sites for hydroxylation is 1. The minimum Gasteiger partial charge on any atom is -0.296 e. The summed E-state index contributed by atoms with van der Waals surface area (Å²) < 4.78 is 1.83. The normalized spacial score (nSPS) is 10.8. The van der Waals surface area contributed by atoms with Crippen LogP contribution in [-0.2, 0) is 12.8 Å². The van der Waals surface area contributed by atoms with E-state index in [4.69, 9.17) is 0 Å². The predicted molar refractivity (Wildman–Crippen MR) is 69.6 cm³/mol. The summed E-state index contributed by atoms with van der Waals surface area (Å²) in [6.07, 6.45) is 2.46. The summed E-state index contributed by atoms with van der Waals surface area (Å²) in [5, 5.41) is 7.95. The van der Waals surface area contributed by atoms with Gasteiger partial charge >= 0.3 is 0 Å². The summed E-state index contributed by atoms with van der Waals surface area (Å²) >= 11 is 0. The van der Waals surface area contributed by atoms with Crippen LogP contribution in [0.25, 0.3) is 0 Å². The molecule has 0 amide bonds. The second-order valence-electron chi connectivity index (χ2n) is 4.56. The Labute approximate surface area is 107 Å². The van der Waals surface area contributed by atoms with Gasteiger partial charge in [0, 0.05) is 6.04 Å². The third-order valence-corrected chi connectivity index (χ3v) is 2.92. The van der Waals surface area contributed by atoms with Crippen molar-refractivity contribution in [2.45, 2.75) is 32.7 Å². The van der Waals surface area contributed by atoms with Gasteiger partial charge in [-0.25, -0.2) is 4.68 Å². The topological polar surface area (TPSA) is 47.8 Å². The number of nitrogens with zero attached hydrogens (tertiary/aromatic N) is 3. The lowest BCUT2D eigenvalue weighted by molar-refractivity contribution is 0.111. The molecule has 0 saturated heterocycles. The summed E-state index contributed by atoms with van der Waals surface area (Å²) in [5.74, 6) is 0. The summed E-state index contributed by atoms with van der Waals surface area (Å²) in [6.45, 7) is 4.07. The van der Waals surface area contributed by atoms with E-state index >= 15 is 0 Å². The maximum Gasteiger partial charge on any atom is 0.172 e. The van der Waals surface area contributed by atoms with Gasteiger partial charge in [0.2, 0.25) is 0 Å². The Hall–Kier alpha value is -1.97. The Bertz CT molecular complexity index is 517. The van der Waals surface area contributed by atoms with Crippen LogP contribution in [0.4, 0.5) is 0 Å². The molecule has 4 heteroatoms. The fraction of sp³-hybridized carbons (Fsp3) is 0.357. The monoisotopic (exact) mass is 243 g/mol. The van der Waals surface area contributed by atoms with Crippen molar-refractivity contribution >= 4 is 6.29 Å². The van der Waals surface area contributed by atoms with Crippen LogP contribution in [0, 0.1) is 0 Å². The molecule has 4 nitrogen and oxygen atoms in total. The van der Waals surface area contributed by atoms with Crippen LogP contribution >= 0.6 is 0 Å². The summed E-state index contributed by atoms with van der Waals surface area (Å²) in [6, 6.07) is 10.4. The SMILES string of the molecule is CC(C)n1nnc(C=O)c1CCc1ccccc1. The van der Waals surface area contributed by atoms with Crippen molar-refractivity contribution in [3.05, 3.63) is 47.3 Å². The number of aromatic nitrogens is 3. The van der Waals surface area contributed by atoms with E-state index in [0.29, 0.717) is 5.69 Å². The zero-order valence-electron chi connectivity index (χ0n) is 10.7. The number of benzene rings is 1. The molecule has 94 valence electrons. The van der Waals surface area contributed by atoms with Crippen molar-refractivity contribution in [2.75, 3.05) is 0 Å². The minimum absolute atomic E-state index is 0.219. The number of carbonyl (C=O) groups excluding carboxylic acids is 1. The van der Waals surface area contributed by atoms with Gasteiger partial charge in [-0.15, -0.1) is 5.10 Å². The molecule has 0 N–H and O–H groups in total. The smallest absolute Gasteiger partial charge is 0.172 e. The Morgan fingerprint density at radius 2 is 1.94 bits per heavy atom. The Morgan fingerprint density at radius 3 is 2.56 bits per heavy atom. The quantitative estimate of drug-likeness (QED) is 0.758. The van der Waals surface area contributed by atoms with E-state index in [1.54, 1.807) is 0 Å². The molecule has 0 aliphatic heterocycles. The molecule has 1 aromatic heterocycles. The average Bonchev–Trinajstić information content (AvgIpc) is 2.80. The Morgan fingerprint density at radius 1 is 1.22 bits per heavy atom. The fourth-order valence-corrected chi connectivity index (χ4v) is 1.98. The van der Waals surface area contributed by atoms with Gasteiger partial charge in [0.25, 0.3) is 0 Å². The van der Waals surface area contributed by atoms with Gasteiger partial charge in [-0.2, -0.15) is 0 Å². The van der Waals surface area contributed by atoms with Crippen molar-refractivity contribution in [1.82, 2.24) is 15.0 Å². The first-order valence-corrected chi connectivity index (χ1v) is 6.15.